The predicted octanol–water partition coefficient (Wildman–Crippen LogP) is 5.82. The van der Waals surface area contributed by atoms with Crippen molar-refractivity contribution in [3.05, 3.63) is 122 Å². The molecule has 18 heteroatoms. The van der Waals surface area contributed by atoms with Crippen molar-refractivity contribution in [2.24, 2.45) is 7.05 Å². The van der Waals surface area contributed by atoms with Gasteiger partial charge in [-0.1, -0.05) is 17.7 Å². The van der Waals surface area contributed by atoms with Crippen molar-refractivity contribution in [2.75, 3.05) is 11.0 Å². The first-order chi connectivity index (χ1) is 27.1. The number of nitrogens with one attached hydrogen (secondary N) is 2. The Balaban J connectivity index is 1.36. The van der Waals surface area contributed by atoms with Gasteiger partial charge in [-0.25, -0.2) is 22.2 Å². The molecule has 1 fully saturated rings. The molecule has 1 amide bonds. The molecule has 0 radical (unpaired) electrons. The Kier molecular flexibility index (Phi) is 9.60. The van der Waals surface area contributed by atoms with Crippen LogP contribution in [-0.2, 0) is 34.8 Å². The van der Waals surface area contributed by atoms with E-state index in [1.807, 2.05) is 13.0 Å². The minimum atomic E-state index is -3.81. The van der Waals surface area contributed by atoms with Crippen molar-refractivity contribution in [3.8, 4) is 16.9 Å². The minimum Gasteiger partial charge on any atom is -0.344 e. The van der Waals surface area contributed by atoms with Crippen molar-refractivity contribution >= 4 is 55.2 Å². The van der Waals surface area contributed by atoms with Crippen LogP contribution in [0.15, 0.2) is 71.8 Å². The molecule has 0 bridgehead atoms. The van der Waals surface area contributed by atoms with Crippen LogP contribution >= 0.6 is 11.6 Å². The average Bonchev–Trinajstić information content (AvgIpc) is 3.85. The largest absolute Gasteiger partial charge is 0.344 e. The number of hydrogen-bond donors (Lipinski definition) is 2. The number of aryl methyl sites for hydroxylation is 3. The number of sulfonamides is 1. The summed E-state index contributed by atoms with van der Waals surface area (Å²) in [6, 6.07) is 11.9. The van der Waals surface area contributed by atoms with Gasteiger partial charge in [0.05, 0.1) is 61.9 Å². The van der Waals surface area contributed by atoms with E-state index >= 15 is 0 Å². The Labute approximate surface area is 329 Å². The van der Waals surface area contributed by atoms with Gasteiger partial charge in [-0.15, -0.1) is 0 Å². The van der Waals surface area contributed by atoms with E-state index in [4.69, 9.17) is 16.6 Å². The van der Waals surface area contributed by atoms with Gasteiger partial charge < -0.3 is 5.32 Å². The quantitative estimate of drug-likeness (QED) is 0.163. The second kappa shape index (κ2) is 14.5. The van der Waals surface area contributed by atoms with Gasteiger partial charge in [0.25, 0.3) is 5.56 Å². The van der Waals surface area contributed by atoms with Crippen molar-refractivity contribution in [3.63, 3.8) is 0 Å². The molecular weight excluding hydrogens is 778 g/mol. The zero-order valence-corrected chi connectivity index (χ0v) is 32.7. The van der Waals surface area contributed by atoms with Crippen LogP contribution in [0.1, 0.15) is 53.3 Å². The van der Waals surface area contributed by atoms with Gasteiger partial charge in [0, 0.05) is 49.1 Å². The highest BCUT2D eigenvalue weighted by molar-refractivity contribution is 7.92. The number of halogens is 3. The van der Waals surface area contributed by atoms with Crippen LogP contribution in [0.25, 0.3) is 38.8 Å². The summed E-state index contributed by atoms with van der Waals surface area (Å²) in [7, 11) is -2.26. The molecule has 3 aromatic carbocycles. The highest BCUT2D eigenvalue weighted by Crippen LogP contribution is 2.39. The second-order valence-corrected chi connectivity index (χ2v) is 16.4. The van der Waals surface area contributed by atoms with Crippen LogP contribution in [0.2, 0.25) is 5.02 Å². The lowest BCUT2D eigenvalue weighted by molar-refractivity contribution is -0.122. The molecule has 7 aromatic rings. The molecule has 2 N–H and O–H groups in total. The molecule has 14 nitrogen and oxygen atoms in total. The first-order valence-corrected chi connectivity index (χ1v) is 20.2. The minimum absolute atomic E-state index is 0.00293. The molecule has 0 saturated heterocycles. The average molecular weight is 813 g/mol. The molecule has 1 saturated carbocycles. The maximum Gasteiger partial charge on any atom is 0.266 e. The Morgan fingerprint density at radius 3 is 2.44 bits per heavy atom. The summed E-state index contributed by atoms with van der Waals surface area (Å²) in [4.78, 5) is 42.9. The normalized spacial score (nSPS) is 13.7. The lowest BCUT2D eigenvalue weighted by Gasteiger charge is -2.24. The van der Waals surface area contributed by atoms with Crippen molar-refractivity contribution in [2.45, 2.75) is 51.6 Å². The summed E-state index contributed by atoms with van der Waals surface area (Å²) < 4.78 is 60.7. The highest BCUT2D eigenvalue weighted by Gasteiger charge is 2.30. The SMILES string of the molecule is Cc1nccnc1-c1ccc2c(=O)n(-c3ccc(Cl)c4c(NS(C)(=O)=O)nn(C)c34)c([C@H](Cc3cc(F)cc(F)c3)NC(=O)Cn3nc(C4CC4)cc3C)nc2c1. The summed E-state index contributed by atoms with van der Waals surface area (Å²) >= 11 is 6.67. The molecule has 4 aromatic heterocycles. The van der Waals surface area contributed by atoms with E-state index in [1.54, 1.807) is 55.3 Å². The van der Waals surface area contributed by atoms with Crippen molar-refractivity contribution in [1.29, 1.82) is 0 Å². The van der Waals surface area contributed by atoms with Crippen LogP contribution in [0.4, 0.5) is 14.6 Å². The van der Waals surface area contributed by atoms with E-state index in [9.17, 15) is 26.8 Å². The van der Waals surface area contributed by atoms with Crippen LogP contribution in [0.3, 0.4) is 0 Å². The molecule has 1 aliphatic rings. The van der Waals surface area contributed by atoms with Gasteiger partial charge in [-0.3, -0.25) is 38.2 Å². The van der Waals surface area contributed by atoms with E-state index in [2.05, 4.69) is 30.2 Å². The number of nitrogens with zero attached hydrogens (tertiary/aromatic N) is 8. The Morgan fingerprint density at radius 1 is 1.00 bits per heavy atom. The zero-order valence-electron chi connectivity index (χ0n) is 31.1. The number of hydrogen-bond acceptors (Lipinski definition) is 9. The van der Waals surface area contributed by atoms with Crippen LogP contribution in [-0.4, -0.2) is 59.7 Å². The Morgan fingerprint density at radius 2 is 1.74 bits per heavy atom. The van der Waals surface area contributed by atoms with Crippen molar-refractivity contribution in [1.82, 2.24) is 44.4 Å². The van der Waals surface area contributed by atoms with Gasteiger partial charge >= 0.3 is 0 Å². The molecule has 1 aliphatic carbocycles. The summed E-state index contributed by atoms with van der Waals surface area (Å²) in [6.45, 7) is 3.47. The summed E-state index contributed by atoms with van der Waals surface area (Å²) in [6.07, 6.45) is 5.94. The number of carbonyl (C=O) groups excluding carboxylic acids is 1. The number of rotatable bonds is 11. The molecule has 0 spiro atoms. The van der Waals surface area contributed by atoms with Gasteiger partial charge in [-0.05, 0) is 74.7 Å². The lowest BCUT2D eigenvalue weighted by Crippen LogP contribution is -2.37. The number of carbonyl (C=O) groups is 1. The number of aromatic nitrogens is 8. The van der Waals surface area contributed by atoms with E-state index in [0.29, 0.717) is 22.9 Å². The molecule has 1 atom stereocenters. The molecule has 8 rings (SSSR count). The van der Waals surface area contributed by atoms with Gasteiger partial charge in [0.15, 0.2) is 5.82 Å². The molecule has 0 aliphatic heterocycles. The van der Waals surface area contributed by atoms with Crippen LogP contribution < -0.4 is 15.6 Å². The van der Waals surface area contributed by atoms with Crippen molar-refractivity contribution < 1.29 is 22.0 Å². The number of amides is 1. The maximum atomic E-state index is 15.0. The Hall–Kier alpha value is -6.07. The number of fused-ring (bicyclic) bond motifs is 2. The molecule has 0 unspecified atom stereocenters. The van der Waals surface area contributed by atoms with E-state index in [-0.39, 0.29) is 62.7 Å². The summed E-state index contributed by atoms with van der Waals surface area (Å²) in [5, 5.41) is 12.5. The van der Waals surface area contributed by atoms with E-state index in [1.165, 1.54) is 15.3 Å². The molecule has 4 heterocycles. The topological polar surface area (TPSA) is 172 Å². The van der Waals surface area contributed by atoms with Gasteiger partial charge in [0.1, 0.15) is 24.0 Å². The third kappa shape index (κ3) is 7.59. The fourth-order valence-electron chi connectivity index (χ4n) is 7.12. The summed E-state index contributed by atoms with van der Waals surface area (Å²) in [5.74, 6) is -1.89. The third-order valence-electron chi connectivity index (χ3n) is 9.79. The first-order valence-electron chi connectivity index (χ1n) is 17.9. The smallest absolute Gasteiger partial charge is 0.266 e. The van der Waals surface area contributed by atoms with E-state index in [0.717, 1.165) is 48.7 Å². The first kappa shape index (κ1) is 37.8. The standard InChI is InChI=1S/C39H35ClF2N10O4S/c1-20-13-29(23-5-6-23)47-51(20)19-33(53)45-31(16-22-14-25(41)18-26(42)15-22)38-46-30-17-24(35-21(2)43-11-12-44-35)7-8-27(30)39(54)52(38)32-10-9-28(40)34-36(32)50(3)48-37(34)49-57(4,55)56/h7-15,17-18,23,31H,5-6,16,19H2,1-4H3,(H,45,53)(H,48,49)/t31-/m0/s1. The highest BCUT2D eigenvalue weighted by atomic mass is 35.5. The van der Waals surface area contributed by atoms with Crippen LogP contribution in [0.5, 0.6) is 0 Å². The number of benzene rings is 3. The number of anilines is 1. The van der Waals surface area contributed by atoms with E-state index < -0.39 is 39.2 Å². The Bertz CT molecular complexity index is 2920. The monoisotopic (exact) mass is 812 g/mol. The van der Waals surface area contributed by atoms with Gasteiger partial charge in [0.2, 0.25) is 15.9 Å². The van der Waals surface area contributed by atoms with Crippen LogP contribution in [0, 0.1) is 25.5 Å². The molecular formula is C39H35ClF2N10O4S. The predicted molar refractivity (Wildman–Crippen MR) is 211 cm³/mol. The fourth-order valence-corrected chi connectivity index (χ4v) is 7.85. The molecule has 57 heavy (non-hydrogen) atoms. The lowest BCUT2D eigenvalue weighted by atomic mass is 10.0. The maximum absolute atomic E-state index is 15.0. The second-order valence-electron chi connectivity index (χ2n) is 14.2. The molecule has 292 valence electrons. The summed E-state index contributed by atoms with van der Waals surface area (Å²) in [5.41, 5.74) is 3.80. The zero-order chi connectivity index (χ0) is 40.3. The fraction of sp³-hybridized carbons (Fsp3) is 0.256. The van der Waals surface area contributed by atoms with Gasteiger partial charge in [-0.2, -0.15) is 10.2 Å². The third-order valence-corrected chi connectivity index (χ3v) is 10.7.